The highest BCUT2D eigenvalue weighted by Crippen LogP contribution is 2.27. The van der Waals surface area contributed by atoms with Gasteiger partial charge in [0.2, 0.25) is 10.0 Å². The van der Waals surface area contributed by atoms with Crippen LogP contribution in [0.5, 0.6) is 0 Å². The van der Waals surface area contributed by atoms with Crippen molar-refractivity contribution in [3.8, 4) is 0 Å². The van der Waals surface area contributed by atoms with E-state index in [9.17, 15) is 8.42 Å². The number of aromatic nitrogens is 3. The standard InChI is InChI=1S/C21H23N5O2S/c27-29(28,19-9-3-6-16-7-4-10-22-21(16)19)23-12-15-13-26(14-15)20-11-17-5-1-2-8-18(17)24-25-20/h3-4,6-7,9-11,15,23H,1-2,5,8,12-14H2. The number of rotatable bonds is 5. The van der Waals surface area contributed by atoms with Crippen LogP contribution < -0.4 is 9.62 Å². The lowest BCUT2D eigenvalue weighted by molar-refractivity contribution is 0.401. The first-order chi connectivity index (χ1) is 14.1. The van der Waals surface area contributed by atoms with E-state index < -0.39 is 10.0 Å². The molecule has 0 radical (unpaired) electrons. The van der Waals surface area contributed by atoms with E-state index >= 15 is 0 Å². The third kappa shape index (κ3) is 3.58. The second-order valence-corrected chi connectivity index (χ2v) is 9.57. The van der Waals surface area contributed by atoms with Crippen LogP contribution in [0.2, 0.25) is 0 Å². The number of sulfonamides is 1. The minimum atomic E-state index is -3.61. The molecule has 7 nitrogen and oxygen atoms in total. The average molecular weight is 410 g/mol. The summed E-state index contributed by atoms with van der Waals surface area (Å²) in [4.78, 5) is 6.65. The molecule has 5 rings (SSSR count). The molecule has 0 atom stereocenters. The van der Waals surface area contributed by atoms with Crippen LogP contribution >= 0.6 is 0 Å². The lowest BCUT2D eigenvalue weighted by Crippen LogP contribution is -2.52. The zero-order chi connectivity index (χ0) is 19.8. The van der Waals surface area contributed by atoms with Crippen LogP contribution in [-0.4, -0.2) is 43.2 Å². The largest absolute Gasteiger partial charge is 0.354 e. The van der Waals surface area contributed by atoms with Crippen molar-refractivity contribution in [2.24, 2.45) is 5.92 Å². The van der Waals surface area contributed by atoms with Gasteiger partial charge in [0.1, 0.15) is 4.90 Å². The van der Waals surface area contributed by atoms with E-state index in [1.54, 1.807) is 24.4 Å². The summed E-state index contributed by atoms with van der Waals surface area (Å²) >= 11 is 0. The summed E-state index contributed by atoms with van der Waals surface area (Å²) in [6, 6.07) is 11.0. The lowest BCUT2D eigenvalue weighted by Gasteiger charge is -2.40. The highest BCUT2D eigenvalue weighted by molar-refractivity contribution is 7.89. The molecule has 150 valence electrons. The van der Waals surface area contributed by atoms with Gasteiger partial charge < -0.3 is 4.90 Å². The Labute approximate surface area is 170 Å². The lowest BCUT2D eigenvalue weighted by atomic mass is 9.96. The number of para-hydroxylation sites is 1. The Balaban J connectivity index is 1.23. The van der Waals surface area contributed by atoms with E-state index in [-0.39, 0.29) is 10.8 Å². The smallest absolute Gasteiger partial charge is 0.242 e. The van der Waals surface area contributed by atoms with Crippen molar-refractivity contribution in [2.75, 3.05) is 24.5 Å². The predicted molar refractivity (Wildman–Crippen MR) is 111 cm³/mol. The van der Waals surface area contributed by atoms with Gasteiger partial charge in [-0.3, -0.25) is 4.98 Å². The number of benzene rings is 1. The zero-order valence-electron chi connectivity index (χ0n) is 16.1. The number of fused-ring (bicyclic) bond motifs is 2. The van der Waals surface area contributed by atoms with Gasteiger partial charge in [0.15, 0.2) is 5.82 Å². The van der Waals surface area contributed by atoms with Crippen LogP contribution in [0.25, 0.3) is 10.9 Å². The van der Waals surface area contributed by atoms with Crippen molar-refractivity contribution < 1.29 is 8.42 Å². The molecule has 1 saturated heterocycles. The van der Waals surface area contributed by atoms with Gasteiger partial charge in [-0.2, -0.15) is 5.10 Å². The molecule has 0 spiro atoms. The number of anilines is 1. The number of pyridine rings is 1. The molecule has 1 aromatic carbocycles. The Morgan fingerprint density at radius 2 is 1.90 bits per heavy atom. The van der Waals surface area contributed by atoms with Crippen LogP contribution in [0.15, 0.2) is 47.5 Å². The molecule has 2 aliphatic rings. The van der Waals surface area contributed by atoms with Gasteiger partial charge >= 0.3 is 0 Å². The Hall–Kier alpha value is -2.58. The zero-order valence-corrected chi connectivity index (χ0v) is 16.9. The van der Waals surface area contributed by atoms with E-state index in [0.717, 1.165) is 42.8 Å². The molecule has 0 bridgehead atoms. The first-order valence-corrected chi connectivity index (χ1v) is 11.5. The Kier molecular flexibility index (Phi) is 4.67. The maximum atomic E-state index is 12.8. The van der Waals surface area contributed by atoms with Crippen molar-refractivity contribution in [3.05, 3.63) is 53.9 Å². The number of aryl methyl sites for hydroxylation is 2. The maximum Gasteiger partial charge on any atom is 0.242 e. The Morgan fingerprint density at radius 3 is 2.79 bits per heavy atom. The first-order valence-electron chi connectivity index (χ1n) is 10.0. The summed E-state index contributed by atoms with van der Waals surface area (Å²) < 4.78 is 28.4. The van der Waals surface area contributed by atoms with E-state index in [1.807, 2.05) is 12.1 Å². The highest BCUT2D eigenvalue weighted by atomic mass is 32.2. The molecule has 0 unspecified atom stereocenters. The van der Waals surface area contributed by atoms with Crippen molar-refractivity contribution in [2.45, 2.75) is 30.6 Å². The van der Waals surface area contributed by atoms with Gasteiger partial charge in [-0.1, -0.05) is 18.2 Å². The normalized spacial score (nSPS) is 17.2. The SMILES string of the molecule is O=S(=O)(NCC1CN(c2cc3c(nn2)CCCC3)C1)c1cccc2cccnc12. The average Bonchev–Trinajstić information content (AvgIpc) is 2.72. The van der Waals surface area contributed by atoms with E-state index in [0.29, 0.717) is 12.1 Å². The molecule has 3 heterocycles. The minimum absolute atomic E-state index is 0.229. The molecule has 1 fully saturated rings. The fourth-order valence-electron chi connectivity index (χ4n) is 4.12. The number of nitrogens with one attached hydrogen (secondary N) is 1. The van der Waals surface area contributed by atoms with E-state index in [2.05, 4.69) is 30.9 Å². The van der Waals surface area contributed by atoms with Gasteiger partial charge in [0, 0.05) is 37.1 Å². The molecule has 1 aliphatic carbocycles. The minimum Gasteiger partial charge on any atom is -0.354 e. The summed E-state index contributed by atoms with van der Waals surface area (Å²) in [5, 5.41) is 9.57. The van der Waals surface area contributed by atoms with E-state index in [1.165, 1.54) is 18.4 Å². The molecule has 3 aromatic rings. The second-order valence-electron chi connectivity index (χ2n) is 7.84. The molecule has 29 heavy (non-hydrogen) atoms. The quantitative estimate of drug-likeness (QED) is 0.696. The van der Waals surface area contributed by atoms with Crippen LogP contribution in [0, 0.1) is 5.92 Å². The summed E-state index contributed by atoms with van der Waals surface area (Å²) in [5.41, 5.74) is 2.95. The Bertz CT molecular complexity index is 1150. The van der Waals surface area contributed by atoms with E-state index in [4.69, 9.17) is 0 Å². The summed E-state index contributed by atoms with van der Waals surface area (Å²) in [5.74, 6) is 1.16. The number of hydrogen-bond donors (Lipinski definition) is 1. The molecule has 0 saturated carbocycles. The molecular weight excluding hydrogens is 386 g/mol. The Morgan fingerprint density at radius 1 is 1.07 bits per heavy atom. The van der Waals surface area contributed by atoms with Gasteiger partial charge in [-0.05, 0) is 49.4 Å². The molecule has 1 aliphatic heterocycles. The van der Waals surface area contributed by atoms with Gasteiger partial charge in [0.25, 0.3) is 0 Å². The molecule has 2 aromatic heterocycles. The van der Waals surface area contributed by atoms with Crippen LogP contribution in [0.4, 0.5) is 5.82 Å². The second kappa shape index (κ2) is 7.35. The van der Waals surface area contributed by atoms with Crippen LogP contribution in [-0.2, 0) is 22.9 Å². The third-order valence-corrected chi connectivity index (χ3v) is 7.24. The summed E-state index contributed by atoms with van der Waals surface area (Å²) in [6.45, 7) is 1.97. The number of nitrogens with zero attached hydrogens (tertiary/aromatic N) is 4. The van der Waals surface area contributed by atoms with Gasteiger partial charge in [-0.25, -0.2) is 13.1 Å². The topological polar surface area (TPSA) is 88.1 Å². The molecule has 8 heteroatoms. The van der Waals surface area contributed by atoms with Crippen molar-refractivity contribution in [1.29, 1.82) is 0 Å². The predicted octanol–water partition coefficient (Wildman–Crippen LogP) is 2.32. The monoisotopic (exact) mass is 409 g/mol. The van der Waals surface area contributed by atoms with Crippen molar-refractivity contribution in [3.63, 3.8) is 0 Å². The maximum absolute atomic E-state index is 12.8. The third-order valence-electron chi connectivity index (χ3n) is 5.79. The fourth-order valence-corrected chi connectivity index (χ4v) is 5.41. The van der Waals surface area contributed by atoms with Gasteiger partial charge in [0.05, 0.1) is 11.2 Å². The molecule has 1 N–H and O–H groups in total. The van der Waals surface area contributed by atoms with Crippen molar-refractivity contribution in [1.82, 2.24) is 19.9 Å². The summed E-state index contributed by atoms with van der Waals surface area (Å²) in [7, 11) is -3.61. The molecule has 0 amide bonds. The van der Waals surface area contributed by atoms with Crippen LogP contribution in [0.1, 0.15) is 24.1 Å². The number of hydrogen-bond acceptors (Lipinski definition) is 6. The first kappa shape index (κ1) is 18.4. The summed E-state index contributed by atoms with van der Waals surface area (Å²) in [6.07, 6.45) is 6.12. The fraction of sp³-hybridized carbons (Fsp3) is 0.381. The van der Waals surface area contributed by atoms with Gasteiger partial charge in [-0.15, -0.1) is 5.10 Å². The van der Waals surface area contributed by atoms with Crippen molar-refractivity contribution >= 4 is 26.7 Å². The highest BCUT2D eigenvalue weighted by Gasteiger charge is 2.30. The van der Waals surface area contributed by atoms with Crippen LogP contribution in [0.3, 0.4) is 0 Å². The molecular formula is C21H23N5O2S.